The maximum atomic E-state index is 11.5. The molecule has 18 heavy (non-hydrogen) atoms. The van der Waals surface area contributed by atoms with Crippen LogP contribution < -0.4 is 0 Å². The van der Waals surface area contributed by atoms with Crippen LogP contribution in [0.25, 0.3) is 0 Å². The van der Waals surface area contributed by atoms with E-state index in [9.17, 15) is 4.79 Å². The molecule has 0 N–H and O–H groups in total. The van der Waals surface area contributed by atoms with Gasteiger partial charge in [0.05, 0.1) is 12.5 Å². The number of hydrogen-bond donors (Lipinski definition) is 0. The third kappa shape index (κ3) is 3.49. The molecule has 1 fully saturated rings. The van der Waals surface area contributed by atoms with Gasteiger partial charge in [-0.05, 0) is 37.0 Å². The summed E-state index contributed by atoms with van der Waals surface area (Å²) in [6.07, 6.45) is 3.20. The predicted molar refractivity (Wildman–Crippen MR) is 72.6 cm³/mol. The van der Waals surface area contributed by atoms with Crippen molar-refractivity contribution in [3.63, 3.8) is 0 Å². The predicted octanol–water partition coefficient (Wildman–Crippen LogP) is 3.86. The summed E-state index contributed by atoms with van der Waals surface area (Å²) in [5.74, 6) is -0.153. The first-order valence-corrected chi connectivity index (χ1v) is 6.80. The van der Waals surface area contributed by atoms with Crippen molar-refractivity contribution in [3.8, 4) is 0 Å². The molecule has 0 spiro atoms. The molecule has 98 valence electrons. The third-order valence-corrected chi connectivity index (χ3v) is 3.65. The minimum atomic E-state index is -0.104. The van der Waals surface area contributed by atoms with E-state index in [0.29, 0.717) is 6.61 Å². The van der Waals surface area contributed by atoms with E-state index in [1.165, 1.54) is 5.56 Å². The van der Waals surface area contributed by atoms with Crippen LogP contribution in [-0.2, 0) is 16.0 Å². The smallest absolute Gasteiger partial charge is 0.308 e. The standard InChI is InChI=1S/C15H19ClO2/c1-11(2)14(17)18-10-15(6-7-15)9-12-4-3-5-13(16)8-12/h3-5,8,11H,6-7,9-10H2,1-2H3. The van der Waals surface area contributed by atoms with Gasteiger partial charge in [0.1, 0.15) is 0 Å². The Kier molecular flexibility index (Phi) is 3.96. The van der Waals surface area contributed by atoms with E-state index in [0.717, 1.165) is 24.3 Å². The molecular formula is C15H19ClO2. The maximum absolute atomic E-state index is 11.5. The molecule has 0 saturated heterocycles. The number of carbonyl (C=O) groups is 1. The van der Waals surface area contributed by atoms with Crippen molar-refractivity contribution in [3.05, 3.63) is 34.9 Å². The second kappa shape index (κ2) is 5.31. The van der Waals surface area contributed by atoms with E-state index in [2.05, 4.69) is 6.07 Å². The van der Waals surface area contributed by atoms with Crippen molar-refractivity contribution in [1.29, 1.82) is 0 Å². The molecule has 1 aromatic carbocycles. The first-order valence-electron chi connectivity index (χ1n) is 6.42. The largest absolute Gasteiger partial charge is 0.465 e. The number of esters is 1. The molecule has 3 heteroatoms. The quantitative estimate of drug-likeness (QED) is 0.757. The summed E-state index contributed by atoms with van der Waals surface area (Å²) < 4.78 is 5.36. The zero-order valence-electron chi connectivity index (χ0n) is 10.9. The fourth-order valence-electron chi connectivity index (χ4n) is 2.02. The fraction of sp³-hybridized carbons (Fsp3) is 0.533. The Bertz CT molecular complexity index is 436. The Hall–Kier alpha value is -1.02. The van der Waals surface area contributed by atoms with E-state index >= 15 is 0 Å². The van der Waals surface area contributed by atoms with Gasteiger partial charge in [0.15, 0.2) is 0 Å². The lowest BCUT2D eigenvalue weighted by Gasteiger charge is -2.16. The molecule has 2 nitrogen and oxygen atoms in total. The number of rotatable bonds is 5. The van der Waals surface area contributed by atoms with Gasteiger partial charge in [0, 0.05) is 10.4 Å². The average Bonchev–Trinajstić information content (AvgIpc) is 3.06. The molecule has 1 aliphatic rings. The summed E-state index contributed by atoms with van der Waals surface area (Å²) in [6.45, 7) is 4.26. The molecule has 0 aliphatic heterocycles. The van der Waals surface area contributed by atoms with Crippen LogP contribution in [0.1, 0.15) is 32.3 Å². The maximum Gasteiger partial charge on any atom is 0.308 e. The highest BCUT2D eigenvalue weighted by Crippen LogP contribution is 2.48. The molecule has 0 unspecified atom stereocenters. The second-order valence-corrected chi connectivity index (χ2v) is 6.01. The molecular weight excluding hydrogens is 248 g/mol. The molecule has 0 radical (unpaired) electrons. The summed E-state index contributed by atoms with van der Waals surface area (Å²) in [6, 6.07) is 7.92. The second-order valence-electron chi connectivity index (χ2n) is 5.57. The average molecular weight is 267 g/mol. The van der Waals surface area contributed by atoms with Gasteiger partial charge >= 0.3 is 5.97 Å². The zero-order chi connectivity index (χ0) is 13.2. The van der Waals surface area contributed by atoms with Crippen molar-refractivity contribution in [2.45, 2.75) is 33.1 Å². The Morgan fingerprint density at radius 1 is 1.44 bits per heavy atom. The molecule has 0 aromatic heterocycles. The fourth-order valence-corrected chi connectivity index (χ4v) is 2.23. The molecule has 0 atom stereocenters. The number of carbonyl (C=O) groups excluding carboxylic acids is 1. The van der Waals surface area contributed by atoms with E-state index in [4.69, 9.17) is 16.3 Å². The van der Waals surface area contributed by atoms with Gasteiger partial charge in [-0.2, -0.15) is 0 Å². The number of halogens is 1. The first-order chi connectivity index (χ1) is 8.51. The summed E-state index contributed by atoms with van der Waals surface area (Å²) >= 11 is 5.98. The molecule has 2 rings (SSSR count). The van der Waals surface area contributed by atoms with Crippen LogP contribution in [0.2, 0.25) is 5.02 Å². The van der Waals surface area contributed by atoms with Crippen LogP contribution in [0.4, 0.5) is 0 Å². The summed E-state index contributed by atoms with van der Waals surface area (Å²) in [5.41, 5.74) is 1.38. The van der Waals surface area contributed by atoms with Crippen LogP contribution in [0.3, 0.4) is 0 Å². The molecule has 1 saturated carbocycles. The Labute approximate surface area is 113 Å². The lowest BCUT2D eigenvalue weighted by atomic mass is 9.97. The van der Waals surface area contributed by atoms with Crippen molar-refractivity contribution in [1.82, 2.24) is 0 Å². The van der Waals surface area contributed by atoms with E-state index in [1.54, 1.807) is 0 Å². The number of hydrogen-bond acceptors (Lipinski definition) is 2. The number of benzene rings is 1. The van der Waals surface area contributed by atoms with Crippen LogP contribution in [-0.4, -0.2) is 12.6 Å². The van der Waals surface area contributed by atoms with Gasteiger partial charge in [-0.25, -0.2) is 0 Å². The minimum absolute atomic E-state index is 0.0491. The first kappa shape index (κ1) is 13.4. The Morgan fingerprint density at radius 2 is 2.17 bits per heavy atom. The normalized spacial score (nSPS) is 16.7. The lowest BCUT2D eigenvalue weighted by molar-refractivity contribution is -0.149. The molecule has 0 bridgehead atoms. The highest BCUT2D eigenvalue weighted by atomic mass is 35.5. The monoisotopic (exact) mass is 266 g/mol. The lowest BCUT2D eigenvalue weighted by Crippen LogP contribution is -2.20. The van der Waals surface area contributed by atoms with Gasteiger partial charge in [-0.15, -0.1) is 0 Å². The van der Waals surface area contributed by atoms with Gasteiger partial charge in [-0.3, -0.25) is 4.79 Å². The van der Waals surface area contributed by atoms with Gasteiger partial charge in [0.2, 0.25) is 0 Å². The van der Waals surface area contributed by atoms with Crippen molar-refractivity contribution in [2.24, 2.45) is 11.3 Å². The van der Waals surface area contributed by atoms with Crippen molar-refractivity contribution < 1.29 is 9.53 Å². The van der Waals surface area contributed by atoms with E-state index < -0.39 is 0 Å². The topological polar surface area (TPSA) is 26.3 Å². The van der Waals surface area contributed by atoms with Gasteiger partial charge in [-0.1, -0.05) is 37.6 Å². The van der Waals surface area contributed by atoms with E-state index in [1.807, 2.05) is 32.0 Å². The SMILES string of the molecule is CC(C)C(=O)OCC1(Cc2cccc(Cl)c2)CC1. The highest BCUT2D eigenvalue weighted by Gasteiger charge is 2.43. The molecule has 0 amide bonds. The Balaban J connectivity index is 1.90. The van der Waals surface area contributed by atoms with Gasteiger partial charge in [0.25, 0.3) is 0 Å². The van der Waals surface area contributed by atoms with Crippen molar-refractivity contribution in [2.75, 3.05) is 6.61 Å². The van der Waals surface area contributed by atoms with Crippen molar-refractivity contribution >= 4 is 17.6 Å². The Morgan fingerprint density at radius 3 is 2.72 bits per heavy atom. The summed E-state index contributed by atoms with van der Waals surface area (Å²) in [5, 5.41) is 0.766. The molecule has 1 aliphatic carbocycles. The summed E-state index contributed by atoms with van der Waals surface area (Å²) in [4.78, 5) is 11.5. The summed E-state index contributed by atoms with van der Waals surface area (Å²) in [7, 11) is 0. The zero-order valence-corrected chi connectivity index (χ0v) is 11.7. The number of ether oxygens (including phenoxy) is 1. The van der Waals surface area contributed by atoms with Gasteiger partial charge < -0.3 is 4.74 Å². The minimum Gasteiger partial charge on any atom is -0.465 e. The van der Waals surface area contributed by atoms with Crippen LogP contribution in [0.15, 0.2) is 24.3 Å². The van der Waals surface area contributed by atoms with Crippen LogP contribution in [0, 0.1) is 11.3 Å². The highest BCUT2D eigenvalue weighted by molar-refractivity contribution is 6.30. The van der Waals surface area contributed by atoms with Crippen LogP contribution in [0.5, 0.6) is 0 Å². The molecule has 0 heterocycles. The van der Waals surface area contributed by atoms with Crippen LogP contribution >= 0.6 is 11.6 Å². The van der Waals surface area contributed by atoms with E-state index in [-0.39, 0.29) is 17.3 Å². The third-order valence-electron chi connectivity index (χ3n) is 3.42. The molecule has 1 aromatic rings.